The molecule has 498 valence electrons. The van der Waals surface area contributed by atoms with E-state index in [9.17, 15) is 107 Å². The number of aliphatic hydroxyl groups is 19. The van der Waals surface area contributed by atoms with Gasteiger partial charge in [-0.2, -0.15) is 0 Å². The van der Waals surface area contributed by atoms with Crippen LogP contribution in [0.15, 0.2) is 85.1 Å². The number of esters is 1. The molecule has 0 saturated carbocycles. The van der Waals surface area contributed by atoms with Gasteiger partial charge < -0.3 is 131 Å². The highest BCUT2D eigenvalue weighted by Crippen LogP contribution is 2.39. The van der Waals surface area contributed by atoms with Crippen molar-refractivity contribution in [1.82, 2.24) is 10.6 Å². The van der Waals surface area contributed by atoms with Gasteiger partial charge in [0.15, 0.2) is 12.1 Å². The van der Waals surface area contributed by atoms with Crippen molar-refractivity contribution >= 4 is 11.9 Å². The molecule has 4 aliphatic rings. The van der Waals surface area contributed by atoms with Crippen molar-refractivity contribution in [3.05, 3.63) is 85.1 Å². The Morgan fingerprint density at radius 1 is 0.644 bits per heavy atom. The molecule has 0 spiro atoms. The van der Waals surface area contributed by atoms with Gasteiger partial charge in [-0.15, -0.1) is 0 Å². The van der Waals surface area contributed by atoms with Crippen molar-refractivity contribution < 1.29 is 130 Å². The van der Waals surface area contributed by atoms with Crippen molar-refractivity contribution in [2.24, 2.45) is 17.8 Å². The second kappa shape index (κ2) is 36.3. The Morgan fingerprint density at radius 2 is 1.23 bits per heavy atom. The second-order valence-electron chi connectivity index (χ2n) is 23.3. The molecule has 0 aromatic carbocycles. The molecule has 28 nitrogen and oxygen atoms in total. The number of allylic oxidation sites excluding steroid dienone is 12. The van der Waals surface area contributed by atoms with Crippen LogP contribution in [-0.4, -0.2) is 281 Å². The van der Waals surface area contributed by atoms with Crippen LogP contribution in [0.3, 0.4) is 0 Å². The second-order valence-corrected chi connectivity index (χ2v) is 23.3. The molecule has 4 aliphatic heterocycles. The van der Waals surface area contributed by atoms with E-state index in [1.165, 1.54) is 19.1 Å². The van der Waals surface area contributed by atoms with Crippen LogP contribution in [0.4, 0.5) is 0 Å². The van der Waals surface area contributed by atoms with E-state index in [4.69, 9.17) is 23.7 Å². The molecule has 2 bridgehead atoms. The van der Waals surface area contributed by atoms with E-state index in [-0.39, 0.29) is 25.2 Å². The summed E-state index contributed by atoms with van der Waals surface area (Å²) in [7, 11) is 0. The first-order chi connectivity index (χ1) is 40.9. The van der Waals surface area contributed by atoms with Crippen molar-refractivity contribution in [2.75, 3.05) is 26.3 Å². The number of nitrogens with one attached hydrogen (secondary N) is 2. The van der Waals surface area contributed by atoms with Crippen LogP contribution in [0.1, 0.15) is 79.1 Å². The number of aliphatic hydroxyl groups excluding tert-OH is 17. The highest BCUT2D eigenvalue weighted by Gasteiger charge is 2.53. The normalized spacial score (nSPS) is 41.3. The smallest absolute Gasteiger partial charge is 0.308 e. The van der Waals surface area contributed by atoms with E-state index in [1.807, 2.05) is 0 Å². The lowest BCUT2D eigenvalue weighted by atomic mass is 9.82. The van der Waals surface area contributed by atoms with E-state index >= 15 is 0 Å². The zero-order valence-electron chi connectivity index (χ0n) is 49.4. The minimum Gasteiger partial charge on any atom is -0.462 e. The molecule has 3 saturated heterocycles. The predicted octanol–water partition coefficient (Wildman–Crippen LogP) is -5.39. The fourth-order valence-electron chi connectivity index (χ4n) is 10.5. The molecule has 4 heterocycles. The van der Waals surface area contributed by atoms with Crippen molar-refractivity contribution in [2.45, 2.75) is 225 Å². The molecule has 27 atom stereocenters. The molecule has 3 fully saturated rings. The summed E-state index contributed by atoms with van der Waals surface area (Å²) in [4.78, 5) is 26.9. The standard InChI is InChI=1S/C59H96N2O26/c1-31-17-15-13-11-9-7-5-6-8-10-12-14-16-18-38(86-57-54(78)48(50(74)34(4)85-57)61-30-59(82)55(79)53(77)44(71)29-83-59)24-45-47(56(80)60-27-42(69)51(75)52(76)43(70)28-62)41(68)26-58(81,87-45)25-37(65)22-40(67)39(66)20-19-35(63)21-36(64)23-46(72)84-33(3)32(2)49(31)73/h5-18,31-45,47-55,57,61-71,73-79,81-82H,19-30H2,1-4H3,(H,60,80)/t31-,32?,33-,34+,35+,36+,37-,38-,39+,40+,41-,42?,43?,44+,45?,47?,48-,49+,50+,51?,52?,53+,54-,55-,57?,58+,59+/m0/s1. The Kier molecular flexibility index (Phi) is 31.5. The zero-order valence-corrected chi connectivity index (χ0v) is 49.4. The largest absolute Gasteiger partial charge is 0.462 e. The fraction of sp³-hybridized carbons (Fsp3) is 0.729. The highest BCUT2D eigenvalue weighted by molar-refractivity contribution is 5.80. The third-order valence-corrected chi connectivity index (χ3v) is 16.1. The van der Waals surface area contributed by atoms with Gasteiger partial charge in [-0.3, -0.25) is 9.59 Å². The maximum atomic E-state index is 14.2. The zero-order chi connectivity index (χ0) is 64.9. The quantitative estimate of drug-likeness (QED) is 0.0811. The molecule has 0 aromatic rings. The summed E-state index contributed by atoms with van der Waals surface area (Å²) >= 11 is 0. The number of hydrogen-bond donors (Lipinski definition) is 21. The van der Waals surface area contributed by atoms with Crippen LogP contribution in [0.25, 0.3) is 0 Å². The molecule has 4 rings (SSSR count). The summed E-state index contributed by atoms with van der Waals surface area (Å²) in [6.45, 7) is 3.39. The minimum absolute atomic E-state index is 0.192. The third kappa shape index (κ3) is 23.4. The Bertz CT molecular complexity index is 2270. The number of ether oxygens (including phenoxy) is 5. The van der Waals surface area contributed by atoms with E-state index < -0.39 is 228 Å². The van der Waals surface area contributed by atoms with Crippen LogP contribution in [0.5, 0.6) is 0 Å². The number of cyclic esters (lactones) is 1. The lowest BCUT2D eigenvalue weighted by molar-refractivity contribution is -0.323. The van der Waals surface area contributed by atoms with Gasteiger partial charge in [0.2, 0.25) is 11.7 Å². The molecule has 0 radical (unpaired) electrons. The summed E-state index contributed by atoms with van der Waals surface area (Å²) < 4.78 is 29.1. The van der Waals surface area contributed by atoms with Crippen molar-refractivity contribution in [3.63, 3.8) is 0 Å². The lowest BCUT2D eigenvalue weighted by Crippen LogP contribution is -2.69. The van der Waals surface area contributed by atoms with Crippen LogP contribution in [0.2, 0.25) is 0 Å². The Morgan fingerprint density at radius 3 is 1.84 bits per heavy atom. The number of carbonyl (C=O) groups excluding carboxylic acids is 2. The van der Waals surface area contributed by atoms with E-state index in [1.54, 1.807) is 93.7 Å². The molecule has 0 aliphatic carbocycles. The molecule has 87 heavy (non-hydrogen) atoms. The van der Waals surface area contributed by atoms with Crippen molar-refractivity contribution in [1.29, 1.82) is 0 Å². The lowest BCUT2D eigenvalue weighted by Gasteiger charge is -2.47. The van der Waals surface area contributed by atoms with Crippen LogP contribution in [0, 0.1) is 17.8 Å². The highest BCUT2D eigenvalue weighted by atomic mass is 16.7. The molecule has 28 heteroatoms. The Balaban J connectivity index is 1.70. The van der Waals surface area contributed by atoms with Gasteiger partial charge in [0.05, 0.1) is 111 Å². The third-order valence-electron chi connectivity index (χ3n) is 16.1. The maximum absolute atomic E-state index is 14.2. The van der Waals surface area contributed by atoms with Gasteiger partial charge in [0.1, 0.15) is 48.8 Å². The van der Waals surface area contributed by atoms with Crippen molar-refractivity contribution in [3.8, 4) is 0 Å². The average Bonchev–Trinajstić information content (AvgIpc) is 1.34. The Labute approximate surface area is 505 Å². The van der Waals surface area contributed by atoms with Crippen LogP contribution < -0.4 is 10.6 Å². The first kappa shape index (κ1) is 75.6. The SMILES string of the molecule is CC1[C@H](C)OC(=O)C[C@H](O)C[C@H](O)CC[C@@H](O)[C@H](O)C[C@H](O)C[C@]2(O)C[C@H](O)C(C(=O)NCC(O)C(O)C(O)C(O)CO)C(C[C@@H](OC3O[C@H](C)[C@@H](O)[C@H](NC[C@@]4(O)OC[C@@H](O)[C@@H](O)[C@@H]4O)[C@@H]3O)C=CC=CC=CC=CC=CC=CC=C[C@H](C)[C@H]1O)O2. The molecule has 21 N–H and O–H groups in total. The van der Waals surface area contributed by atoms with Gasteiger partial charge in [0, 0.05) is 44.1 Å². The summed E-state index contributed by atoms with van der Waals surface area (Å²) in [5, 5.41) is 210. The monoisotopic (exact) mass is 1250 g/mol. The number of carbonyl (C=O) groups is 2. The number of rotatable bonds is 12. The number of amides is 1. The fourth-order valence-corrected chi connectivity index (χ4v) is 10.5. The van der Waals surface area contributed by atoms with Gasteiger partial charge in [-0.05, 0) is 33.1 Å². The average molecular weight is 1250 g/mol. The molecule has 8 unspecified atom stereocenters. The first-order valence-corrected chi connectivity index (χ1v) is 29.4. The number of hydrogen-bond acceptors (Lipinski definition) is 27. The first-order valence-electron chi connectivity index (χ1n) is 29.4. The van der Waals surface area contributed by atoms with Crippen LogP contribution >= 0.6 is 0 Å². The summed E-state index contributed by atoms with van der Waals surface area (Å²) in [5.41, 5.74) is 0. The number of fused-ring (bicyclic) bond motifs is 2. The minimum atomic E-state index is -2.54. The molecule has 0 aromatic heterocycles. The molecule has 1 amide bonds. The Hall–Kier alpha value is -3.84. The van der Waals surface area contributed by atoms with Gasteiger partial charge in [0.25, 0.3) is 0 Å². The van der Waals surface area contributed by atoms with E-state index in [0.717, 1.165) is 0 Å². The van der Waals surface area contributed by atoms with E-state index in [0.29, 0.717) is 0 Å². The van der Waals surface area contributed by atoms with E-state index in [2.05, 4.69) is 10.6 Å². The topological polar surface area (TPSA) is 489 Å². The summed E-state index contributed by atoms with van der Waals surface area (Å²) in [5.74, 6) is -9.49. The van der Waals surface area contributed by atoms with Crippen LogP contribution in [-0.2, 0) is 33.3 Å². The summed E-state index contributed by atoms with van der Waals surface area (Å²) in [6.07, 6.45) is -14.6. The van der Waals surface area contributed by atoms with Gasteiger partial charge >= 0.3 is 5.97 Å². The predicted molar refractivity (Wildman–Crippen MR) is 306 cm³/mol. The summed E-state index contributed by atoms with van der Waals surface area (Å²) in [6, 6.07) is -1.44. The van der Waals surface area contributed by atoms with Gasteiger partial charge in [-0.1, -0.05) is 98.9 Å². The molecular formula is C59H96N2O26. The maximum Gasteiger partial charge on any atom is 0.308 e. The van der Waals surface area contributed by atoms with Gasteiger partial charge in [-0.25, -0.2) is 0 Å². The molecular weight excluding hydrogens is 1150 g/mol.